The maximum Gasteiger partial charge on any atom is 0.00201 e. The lowest BCUT2D eigenvalue weighted by atomic mass is 9.56. The zero-order valence-electron chi connectivity index (χ0n) is 14.5. The van der Waals surface area contributed by atoms with Crippen LogP contribution in [0.15, 0.2) is 11.1 Å². The molecule has 0 saturated heterocycles. The lowest BCUT2D eigenvalue weighted by Crippen LogP contribution is -2.40. The summed E-state index contributed by atoms with van der Waals surface area (Å²) in [6.45, 7) is 10.0. The van der Waals surface area contributed by atoms with Crippen molar-refractivity contribution in [3.63, 3.8) is 0 Å². The quantitative estimate of drug-likeness (QED) is 0.560. The van der Waals surface area contributed by atoms with Gasteiger partial charge in [0.2, 0.25) is 0 Å². The minimum Gasteiger partial charge on any atom is -0.0692 e. The minimum atomic E-state index is 0.750. The van der Waals surface area contributed by atoms with E-state index >= 15 is 0 Å². The Morgan fingerprint density at radius 3 is 2.57 bits per heavy atom. The van der Waals surface area contributed by atoms with E-state index in [1.165, 1.54) is 38.5 Å². The molecule has 0 aromatic rings. The van der Waals surface area contributed by atoms with Crippen LogP contribution in [0.4, 0.5) is 0 Å². The van der Waals surface area contributed by atoms with Gasteiger partial charge in [0.15, 0.2) is 0 Å². The maximum atomic E-state index is 2.56. The molecule has 4 fully saturated rings. The molecule has 116 valence electrons. The van der Waals surface area contributed by atoms with Crippen LogP contribution in [0.25, 0.3) is 0 Å². The van der Waals surface area contributed by atoms with Gasteiger partial charge in [-0.05, 0) is 67.1 Å². The predicted molar refractivity (Wildman–Crippen MR) is 87.9 cm³/mol. The zero-order chi connectivity index (χ0) is 14.6. The van der Waals surface area contributed by atoms with Gasteiger partial charge >= 0.3 is 0 Å². The molecule has 7 atom stereocenters. The third kappa shape index (κ3) is 1.08. The molecule has 21 heavy (non-hydrogen) atoms. The molecule has 0 aromatic carbocycles. The molecule has 6 aliphatic rings. The molecule has 0 N–H and O–H groups in total. The van der Waals surface area contributed by atoms with E-state index in [1.54, 1.807) is 12.8 Å². The summed E-state index contributed by atoms with van der Waals surface area (Å²) in [6, 6.07) is 0. The van der Waals surface area contributed by atoms with Crippen LogP contribution in [0.3, 0.4) is 0 Å². The van der Waals surface area contributed by atoms with Crippen LogP contribution < -0.4 is 0 Å². The second-order valence-electron chi connectivity index (χ2n) is 9.40. The highest BCUT2D eigenvalue weighted by molar-refractivity contribution is 5.59. The van der Waals surface area contributed by atoms with Crippen molar-refractivity contribution in [1.82, 2.24) is 0 Å². The van der Waals surface area contributed by atoms with Gasteiger partial charge in [-0.25, -0.2) is 0 Å². The topological polar surface area (TPSA) is 0 Å². The summed E-state index contributed by atoms with van der Waals surface area (Å²) >= 11 is 0. The van der Waals surface area contributed by atoms with Crippen LogP contribution in [-0.4, -0.2) is 0 Å². The summed E-state index contributed by atoms with van der Waals surface area (Å²) in [4.78, 5) is 0. The van der Waals surface area contributed by atoms with Gasteiger partial charge < -0.3 is 0 Å². The molecule has 0 radical (unpaired) electrons. The van der Waals surface area contributed by atoms with Gasteiger partial charge in [-0.3, -0.25) is 0 Å². The summed E-state index contributed by atoms with van der Waals surface area (Å²) in [7, 11) is 0. The normalized spacial score (nSPS) is 60.0. The Morgan fingerprint density at radius 2 is 1.90 bits per heavy atom. The van der Waals surface area contributed by atoms with Crippen LogP contribution in [0.2, 0.25) is 0 Å². The van der Waals surface area contributed by atoms with Crippen molar-refractivity contribution in [1.29, 1.82) is 0 Å². The molecule has 2 bridgehead atoms. The third-order valence-corrected chi connectivity index (χ3v) is 9.51. The van der Waals surface area contributed by atoms with E-state index < -0.39 is 0 Å². The summed E-state index contributed by atoms with van der Waals surface area (Å²) in [5.74, 6) is 4.18. The largest absolute Gasteiger partial charge is 0.0692 e. The molecule has 0 heteroatoms. The monoisotopic (exact) mass is 284 g/mol. The molecule has 0 heterocycles. The van der Waals surface area contributed by atoms with Gasteiger partial charge in [-0.15, -0.1) is 0 Å². The molecule has 0 aromatic heterocycles. The van der Waals surface area contributed by atoms with Crippen LogP contribution in [0.5, 0.6) is 0 Å². The third-order valence-electron chi connectivity index (χ3n) is 9.51. The van der Waals surface area contributed by atoms with Gasteiger partial charge in [-0.2, -0.15) is 0 Å². The summed E-state index contributed by atoms with van der Waals surface area (Å²) in [5, 5.41) is 0. The number of hydrogen-bond donors (Lipinski definition) is 0. The van der Waals surface area contributed by atoms with Gasteiger partial charge in [0, 0.05) is 5.41 Å². The van der Waals surface area contributed by atoms with E-state index in [0.29, 0.717) is 0 Å². The first-order valence-corrected chi connectivity index (χ1v) is 9.78. The van der Waals surface area contributed by atoms with Crippen molar-refractivity contribution in [2.45, 2.75) is 79.1 Å². The fourth-order valence-corrected chi connectivity index (χ4v) is 8.84. The first kappa shape index (κ1) is 13.2. The molecule has 6 aliphatic carbocycles. The van der Waals surface area contributed by atoms with Gasteiger partial charge in [0.05, 0.1) is 0 Å². The molecule has 0 aliphatic heterocycles. The highest BCUT2D eigenvalue weighted by Crippen LogP contribution is 3.03. The highest BCUT2D eigenvalue weighted by Gasteiger charge is 2.96. The van der Waals surface area contributed by atoms with Gasteiger partial charge in [-0.1, -0.05) is 57.6 Å². The Hall–Kier alpha value is -0.260. The van der Waals surface area contributed by atoms with E-state index in [9.17, 15) is 0 Å². The average Bonchev–Trinajstić information content (AvgIpc) is 3.34. The van der Waals surface area contributed by atoms with E-state index in [1.807, 2.05) is 11.1 Å². The van der Waals surface area contributed by atoms with E-state index in [-0.39, 0.29) is 0 Å². The van der Waals surface area contributed by atoms with Crippen molar-refractivity contribution in [3.05, 3.63) is 11.1 Å². The van der Waals surface area contributed by atoms with Crippen LogP contribution in [-0.2, 0) is 0 Å². The molecular formula is C21H32. The summed E-state index contributed by atoms with van der Waals surface area (Å²) in [6.07, 6.45) is 12.1. The summed E-state index contributed by atoms with van der Waals surface area (Å²) < 4.78 is 0. The average molecular weight is 284 g/mol. The fraction of sp³-hybridized carbons (Fsp3) is 0.905. The molecular weight excluding hydrogens is 252 g/mol. The Balaban J connectivity index is 1.57. The van der Waals surface area contributed by atoms with Gasteiger partial charge in [0.1, 0.15) is 0 Å². The standard InChI is InChI=1S/C21H32/c1-5-16-13(3)8-7-9-17(16)20-11-15-10-19(14(15)4)12-21(19,20)18(20)6-2/h13,16-18H,5-12H2,1-4H3. The Kier molecular flexibility index (Phi) is 2.28. The van der Waals surface area contributed by atoms with Gasteiger partial charge in [0.25, 0.3) is 0 Å². The highest BCUT2D eigenvalue weighted by atomic mass is 15.0. The zero-order valence-corrected chi connectivity index (χ0v) is 14.5. The first-order chi connectivity index (χ1) is 10.1. The van der Waals surface area contributed by atoms with E-state index in [4.69, 9.17) is 0 Å². The molecule has 0 nitrogen and oxygen atoms in total. The lowest BCUT2D eigenvalue weighted by molar-refractivity contribution is 0.0579. The molecule has 2 spiro atoms. The lowest BCUT2D eigenvalue weighted by Gasteiger charge is -2.48. The molecule has 4 saturated carbocycles. The molecule has 6 rings (SSSR count). The first-order valence-electron chi connectivity index (χ1n) is 9.78. The predicted octanol–water partition coefficient (Wildman–Crippen LogP) is 5.98. The summed E-state index contributed by atoms with van der Waals surface area (Å²) in [5.41, 5.74) is 6.12. The number of rotatable bonds is 3. The maximum absolute atomic E-state index is 2.56. The van der Waals surface area contributed by atoms with Crippen molar-refractivity contribution in [2.24, 2.45) is 39.9 Å². The molecule has 0 amide bonds. The molecule has 7 unspecified atom stereocenters. The Morgan fingerprint density at radius 1 is 1.10 bits per heavy atom. The van der Waals surface area contributed by atoms with Crippen molar-refractivity contribution >= 4 is 0 Å². The van der Waals surface area contributed by atoms with E-state index in [2.05, 4.69) is 27.7 Å². The fourth-order valence-electron chi connectivity index (χ4n) is 8.84. The van der Waals surface area contributed by atoms with Crippen LogP contribution in [0, 0.1) is 39.9 Å². The number of hydrogen-bond acceptors (Lipinski definition) is 0. The van der Waals surface area contributed by atoms with Crippen LogP contribution in [0.1, 0.15) is 79.1 Å². The minimum absolute atomic E-state index is 0.750. The van der Waals surface area contributed by atoms with Crippen molar-refractivity contribution < 1.29 is 0 Å². The second-order valence-corrected chi connectivity index (χ2v) is 9.40. The van der Waals surface area contributed by atoms with E-state index in [0.717, 1.165) is 39.9 Å². The Bertz CT molecular complexity index is 542. The van der Waals surface area contributed by atoms with Crippen molar-refractivity contribution in [2.75, 3.05) is 0 Å². The van der Waals surface area contributed by atoms with Crippen molar-refractivity contribution in [3.8, 4) is 0 Å². The number of allylic oxidation sites excluding steroid dienone is 2. The smallest absolute Gasteiger partial charge is 0.00201 e. The van der Waals surface area contributed by atoms with Crippen LogP contribution >= 0.6 is 0 Å². The Labute approximate surface area is 130 Å². The SMILES string of the molecule is CCC1C(C)CCCC1C12CC3=C(C)C4(C3)CC41C2CC. The second kappa shape index (κ2) is 3.62.